The van der Waals surface area contributed by atoms with Crippen LogP contribution < -0.4 is 0 Å². The summed E-state index contributed by atoms with van der Waals surface area (Å²) in [7, 11) is 0. The molecule has 1 unspecified atom stereocenters. The largest absolute Gasteiger partial charge is 0.281 e. The molecule has 0 saturated carbocycles. The quantitative estimate of drug-likeness (QED) is 0.737. The Morgan fingerprint density at radius 1 is 1.46 bits per heavy atom. The van der Waals surface area contributed by atoms with Crippen molar-refractivity contribution in [2.75, 3.05) is 0 Å². The predicted octanol–water partition coefficient (Wildman–Crippen LogP) is 3.74. The third kappa shape index (κ3) is 2.41. The summed E-state index contributed by atoms with van der Waals surface area (Å²) in [6.07, 6.45) is 1.05. The van der Waals surface area contributed by atoms with Gasteiger partial charge in [-0.3, -0.25) is 4.79 Å². The van der Waals surface area contributed by atoms with Gasteiger partial charge in [-0.2, -0.15) is 0 Å². The zero-order valence-electron chi connectivity index (χ0n) is 7.88. The first kappa shape index (κ1) is 10.5. The molecular weight excluding hydrogens is 228 g/mol. The van der Waals surface area contributed by atoms with Gasteiger partial charge in [0.1, 0.15) is 0 Å². The highest BCUT2D eigenvalue weighted by molar-refractivity contribution is 9.18. The fourth-order valence-corrected chi connectivity index (χ4v) is 1.69. The maximum atomic E-state index is 11.2. The molecule has 1 rings (SSSR count). The molecule has 0 aliphatic heterocycles. The smallest absolute Gasteiger partial charge is 0.228 e. The maximum absolute atomic E-state index is 11.2. The Hall–Kier alpha value is -0.630. The summed E-state index contributed by atoms with van der Waals surface area (Å²) in [5.74, 6) is 0.442. The molecule has 0 radical (unpaired) electrons. The first-order valence-corrected chi connectivity index (χ1v) is 5.24. The SMILES string of the molecule is CCC(C)c1ccccc1C(=O)Br. The molecule has 0 N–H and O–H groups in total. The number of carbonyl (C=O) groups is 1. The molecular formula is C11H13BrO. The van der Waals surface area contributed by atoms with Crippen LogP contribution >= 0.6 is 15.9 Å². The Morgan fingerprint density at radius 3 is 2.62 bits per heavy atom. The molecule has 1 nitrogen and oxygen atoms in total. The van der Waals surface area contributed by atoms with Gasteiger partial charge in [0.15, 0.2) is 0 Å². The summed E-state index contributed by atoms with van der Waals surface area (Å²) in [5.41, 5.74) is 1.92. The van der Waals surface area contributed by atoms with Crippen molar-refractivity contribution in [1.29, 1.82) is 0 Å². The molecule has 70 valence electrons. The molecule has 0 aromatic heterocycles. The Morgan fingerprint density at radius 2 is 2.08 bits per heavy atom. The maximum Gasteiger partial charge on any atom is 0.228 e. The number of rotatable bonds is 3. The van der Waals surface area contributed by atoms with E-state index in [1.54, 1.807) is 0 Å². The Bertz CT molecular complexity index is 307. The number of halogens is 1. The number of hydrogen-bond donors (Lipinski definition) is 0. The minimum Gasteiger partial charge on any atom is -0.281 e. The minimum absolute atomic E-state index is 0.0246. The van der Waals surface area contributed by atoms with Gasteiger partial charge in [-0.25, -0.2) is 0 Å². The third-order valence-corrected chi connectivity index (χ3v) is 2.74. The van der Waals surface area contributed by atoms with Crippen LogP contribution in [0.25, 0.3) is 0 Å². The van der Waals surface area contributed by atoms with Crippen molar-refractivity contribution in [2.24, 2.45) is 0 Å². The van der Waals surface area contributed by atoms with E-state index in [2.05, 4.69) is 29.8 Å². The van der Waals surface area contributed by atoms with Gasteiger partial charge >= 0.3 is 0 Å². The highest BCUT2D eigenvalue weighted by atomic mass is 79.9. The van der Waals surface area contributed by atoms with Crippen LogP contribution in [0.15, 0.2) is 24.3 Å². The van der Waals surface area contributed by atoms with Crippen molar-refractivity contribution in [3.05, 3.63) is 35.4 Å². The summed E-state index contributed by atoms with van der Waals surface area (Å²) >= 11 is 2.99. The van der Waals surface area contributed by atoms with Crippen LogP contribution in [0.2, 0.25) is 0 Å². The lowest BCUT2D eigenvalue weighted by molar-refractivity contribution is 0.109. The van der Waals surface area contributed by atoms with Crippen molar-refractivity contribution in [2.45, 2.75) is 26.2 Å². The molecule has 13 heavy (non-hydrogen) atoms. The second-order valence-corrected chi connectivity index (χ2v) is 3.89. The average Bonchev–Trinajstić information content (AvgIpc) is 2.16. The van der Waals surface area contributed by atoms with Gasteiger partial charge in [0.25, 0.3) is 0 Å². The normalized spacial score (nSPS) is 12.5. The summed E-state index contributed by atoms with van der Waals surface area (Å²) in [4.78, 5) is 11.2. The van der Waals surface area contributed by atoms with E-state index in [-0.39, 0.29) is 4.69 Å². The monoisotopic (exact) mass is 240 g/mol. The molecule has 0 fully saturated rings. The molecule has 1 aromatic carbocycles. The van der Waals surface area contributed by atoms with Gasteiger partial charge in [-0.1, -0.05) is 38.1 Å². The summed E-state index contributed by atoms with van der Waals surface area (Å²) in [6, 6.07) is 7.74. The lowest BCUT2D eigenvalue weighted by atomic mass is 9.94. The highest BCUT2D eigenvalue weighted by Crippen LogP contribution is 2.23. The molecule has 0 bridgehead atoms. The Kier molecular flexibility index (Phi) is 3.67. The zero-order valence-corrected chi connectivity index (χ0v) is 9.47. The van der Waals surface area contributed by atoms with Crippen LogP contribution in [-0.4, -0.2) is 4.69 Å². The van der Waals surface area contributed by atoms with E-state index >= 15 is 0 Å². The van der Waals surface area contributed by atoms with Crippen LogP contribution in [0.3, 0.4) is 0 Å². The molecule has 0 spiro atoms. The van der Waals surface area contributed by atoms with Crippen molar-refractivity contribution in [1.82, 2.24) is 0 Å². The lowest BCUT2D eigenvalue weighted by Gasteiger charge is -2.11. The second-order valence-electron chi connectivity index (χ2n) is 3.17. The van der Waals surface area contributed by atoms with Crippen LogP contribution in [0.1, 0.15) is 42.1 Å². The molecule has 0 heterocycles. The summed E-state index contributed by atoms with van der Waals surface area (Å²) in [5, 5.41) is 0. The summed E-state index contributed by atoms with van der Waals surface area (Å²) in [6.45, 7) is 4.26. The van der Waals surface area contributed by atoms with Crippen molar-refractivity contribution in [3.8, 4) is 0 Å². The van der Waals surface area contributed by atoms with Gasteiger partial charge in [0.05, 0.1) is 0 Å². The first-order valence-electron chi connectivity index (χ1n) is 4.45. The van der Waals surface area contributed by atoms with Crippen LogP contribution in [-0.2, 0) is 0 Å². The first-order chi connectivity index (χ1) is 6.16. The lowest BCUT2D eigenvalue weighted by Crippen LogP contribution is -2.00. The number of hydrogen-bond acceptors (Lipinski definition) is 1. The van der Waals surface area contributed by atoms with Crippen LogP contribution in [0, 0.1) is 0 Å². The van der Waals surface area contributed by atoms with Crippen LogP contribution in [0.4, 0.5) is 0 Å². The Balaban J connectivity index is 3.11. The van der Waals surface area contributed by atoms with Gasteiger partial charge in [0.2, 0.25) is 4.69 Å². The minimum atomic E-state index is -0.0246. The van der Waals surface area contributed by atoms with Gasteiger partial charge in [-0.05, 0) is 33.8 Å². The van der Waals surface area contributed by atoms with Crippen molar-refractivity contribution >= 4 is 20.6 Å². The topological polar surface area (TPSA) is 17.1 Å². The zero-order chi connectivity index (χ0) is 9.84. The fourth-order valence-electron chi connectivity index (χ4n) is 1.33. The van der Waals surface area contributed by atoms with E-state index in [1.807, 2.05) is 24.3 Å². The van der Waals surface area contributed by atoms with E-state index in [9.17, 15) is 4.79 Å². The van der Waals surface area contributed by atoms with E-state index in [1.165, 1.54) is 0 Å². The van der Waals surface area contributed by atoms with Crippen LogP contribution in [0.5, 0.6) is 0 Å². The van der Waals surface area contributed by atoms with E-state index in [4.69, 9.17) is 0 Å². The predicted molar refractivity (Wildman–Crippen MR) is 58.4 cm³/mol. The van der Waals surface area contributed by atoms with Gasteiger partial charge in [-0.15, -0.1) is 0 Å². The van der Waals surface area contributed by atoms with E-state index in [0.717, 1.165) is 17.5 Å². The molecule has 1 atom stereocenters. The van der Waals surface area contributed by atoms with Gasteiger partial charge < -0.3 is 0 Å². The third-order valence-electron chi connectivity index (χ3n) is 2.32. The Labute approximate surface area is 87.3 Å². The van der Waals surface area contributed by atoms with Crippen molar-refractivity contribution < 1.29 is 4.79 Å². The molecule has 0 amide bonds. The standard InChI is InChI=1S/C11H13BrO/c1-3-8(2)9-6-4-5-7-10(9)11(12)13/h4-8H,3H2,1-2H3. The second kappa shape index (κ2) is 4.56. The molecule has 2 heteroatoms. The highest BCUT2D eigenvalue weighted by Gasteiger charge is 2.11. The van der Waals surface area contributed by atoms with E-state index in [0.29, 0.717) is 5.92 Å². The molecule has 0 aliphatic carbocycles. The molecule has 0 aliphatic rings. The number of benzene rings is 1. The van der Waals surface area contributed by atoms with Gasteiger partial charge in [0, 0.05) is 5.56 Å². The average molecular weight is 241 g/mol. The molecule has 1 aromatic rings. The molecule has 0 saturated heterocycles. The van der Waals surface area contributed by atoms with E-state index < -0.39 is 0 Å². The summed E-state index contributed by atoms with van der Waals surface area (Å²) < 4.78 is -0.0246. The fraction of sp³-hybridized carbons (Fsp3) is 0.364. The van der Waals surface area contributed by atoms with Crippen molar-refractivity contribution in [3.63, 3.8) is 0 Å². The number of carbonyl (C=O) groups excluding carboxylic acids is 1.